The summed E-state index contributed by atoms with van der Waals surface area (Å²) in [5, 5.41) is 12.9. The molecule has 0 amide bonds. The van der Waals surface area contributed by atoms with Gasteiger partial charge in [0.25, 0.3) is 0 Å². The molecule has 6 heteroatoms. The molecule has 4 heterocycles. The van der Waals surface area contributed by atoms with Gasteiger partial charge >= 0.3 is 0 Å². The zero-order valence-corrected chi connectivity index (χ0v) is 45.0. The number of hydrogen-bond donors (Lipinski definition) is 0. The molecule has 0 aliphatic rings. The van der Waals surface area contributed by atoms with Crippen molar-refractivity contribution in [3.8, 4) is 0 Å². The number of anilines is 6. The Bertz CT molecular complexity index is 4670. The number of fused-ring (bicyclic) bond motifs is 14. The first-order chi connectivity index (χ1) is 37.7. The number of furan rings is 4. The molecule has 0 atom stereocenters. The van der Waals surface area contributed by atoms with Crippen molar-refractivity contribution in [2.75, 3.05) is 9.80 Å². The summed E-state index contributed by atoms with van der Waals surface area (Å²) in [6.07, 6.45) is 0. The molecule has 4 aromatic heterocycles. The third kappa shape index (κ3) is 7.02. The predicted octanol–water partition coefficient (Wildman–Crippen LogP) is 21.7. The van der Waals surface area contributed by atoms with Crippen LogP contribution in [0.4, 0.5) is 34.1 Å². The first kappa shape index (κ1) is 46.1. The van der Waals surface area contributed by atoms with Crippen molar-refractivity contribution >= 4 is 143 Å². The molecule has 0 spiro atoms. The van der Waals surface area contributed by atoms with Crippen LogP contribution < -0.4 is 9.80 Å². The first-order valence-corrected chi connectivity index (χ1v) is 27.0. The van der Waals surface area contributed by atoms with Crippen molar-refractivity contribution in [1.29, 1.82) is 0 Å². The van der Waals surface area contributed by atoms with E-state index in [4.69, 9.17) is 17.7 Å². The molecule has 11 aromatic carbocycles. The summed E-state index contributed by atoms with van der Waals surface area (Å²) in [4.78, 5) is 4.80. The number of benzene rings is 11. The minimum Gasteiger partial charge on any atom is -0.456 e. The molecule has 0 aliphatic carbocycles. The van der Waals surface area contributed by atoms with Crippen LogP contribution >= 0.6 is 0 Å². The summed E-state index contributed by atoms with van der Waals surface area (Å²) in [7, 11) is 0. The Morgan fingerprint density at radius 2 is 0.679 bits per heavy atom. The third-order valence-corrected chi connectivity index (χ3v) is 16.3. The van der Waals surface area contributed by atoms with E-state index in [2.05, 4.69) is 247 Å². The molecule has 378 valence electrons. The number of para-hydroxylation sites is 4. The van der Waals surface area contributed by atoms with E-state index in [9.17, 15) is 0 Å². The topological polar surface area (TPSA) is 59.0 Å². The summed E-state index contributed by atoms with van der Waals surface area (Å²) in [5.74, 6) is 0. The highest BCUT2D eigenvalue weighted by molar-refractivity contribution is 6.19. The van der Waals surface area contributed by atoms with E-state index in [1.54, 1.807) is 0 Å². The summed E-state index contributed by atoms with van der Waals surface area (Å²) in [6.45, 7) is 18.0. The Labute approximate surface area is 451 Å². The molecule has 6 nitrogen and oxygen atoms in total. The van der Waals surface area contributed by atoms with Crippen LogP contribution in [-0.2, 0) is 10.8 Å². The molecular formula is C72H56N2O4. The van der Waals surface area contributed by atoms with E-state index in [-0.39, 0.29) is 10.8 Å². The van der Waals surface area contributed by atoms with Gasteiger partial charge in [0.1, 0.15) is 33.5 Å². The highest BCUT2D eigenvalue weighted by Gasteiger charge is 2.31. The lowest BCUT2D eigenvalue weighted by molar-refractivity contribution is 0.588. The van der Waals surface area contributed by atoms with Gasteiger partial charge in [0.05, 0.1) is 11.4 Å². The smallest absolute Gasteiger partial charge is 0.159 e. The molecule has 0 saturated carbocycles. The predicted molar refractivity (Wildman–Crippen MR) is 327 cm³/mol. The van der Waals surface area contributed by atoms with Gasteiger partial charge < -0.3 is 27.5 Å². The molecule has 0 aliphatic heterocycles. The van der Waals surface area contributed by atoms with Gasteiger partial charge in [-0.05, 0) is 153 Å². The molecule has 0 radical (unpaired) electrons. The molecular weight excluding hydrogens is 957 g/mol. The van der Waals surface area contributed by atoms with Gasteiger partial charge in [-0.2, -0.15) is 0 Å². The van der Waals surface area contributed by atoms with Crippen LogP contribution in [0.5, 0.6) is 0 Å². The standard InChI is InChI=1S/C72H56N2O4/c1-41-17-9-13-21-59(41)73(67-57(71(3,4)5)31-29-51-49-19-11-15-23-61(49)77-69(51)67)47-27-25-43-35-53-55-39-66-56(40-65(55)75-63(53)37-45(43)33-47)54-36-44-26-28-48(34-46(44)38-64(54)76-66)74(60-22-14-10-18-42(60)2)68-58(72(6,7)8)32-30-52-50-20-12-16-24-62(50)78-70(52)68/h9-40H,1-8H3. The molecule has 0 N–H and O–H groups in total. The Morgan fingerprint density at radius 1 is 0.295 bits per heavy atom. The van der Waals surface area contributed by atoms with Crippen LogP contribution in [0.2, 0.25) is 0 Å². The van der Waals surface area contributed by atoms with Crippen molar-refractivity contribution in [1.82, 2.24) is 0 Å². The minimum atomic E-state index is -0.185. The minimum absolute atomic E-state index is 0.185. The fraction of sp³-hybridized carbons (Fsp3) is 0.139. The van der Waals surface area contributed by atoms with E-state index >= 15 is 0 Å². The summed E-state index contributed by atoms with van der Waals surface area (Å²) in [5.41, 5.74) is 17.5. The van der Waals surface area contributed by atoms with Crippen LogP contribution in [0.1, 0.15) is 63.8 Å². The quantitative estimate of drug-likeness (QED) is 0.165. The maximum absolute atomic E-state index is 6.85. The van der Waals surface area contributed by atoms with Crippen LogP contribution in [0.15, 0.2) is 212 Å². The number of nitrogens with zero attached hydrogens (tertiary/aromatic N) is 2. The van der Waals surface area contributed by atoms with E-state index in [1.807, 2.05) is 12.1 Å². The molecule has 0 fully saturated rings. The van der Waals surface area contributed by atoms with Gasteiger partial charge in [-0.15, -0.1) is 0 Å². The van der Waals surface area contributed by atoms with Gasteiger partial charge in [0.2, 0.25) is 0 Å². The maximum atomic E-state index is 6.85. The average molecular weight is 1010 g/mol. The van der Waals surface area contributed by atoms with Crippen molar-refractivity contribution in [2.45, 2.75) is 66.2 Å². The van der Waals surface area contributed by atoms with Crippen molar-refractivity contribution in [3.05, 3.63) is 216 Å². The van der Waals surface area contributed by atoms with Crippen molar-refractivity contribution in [3.63, 3.8) is 0 Å². The molecule has 15 aromatic rings. The maximum Gasteiger partial charge on any atom is 0.159 e. The Morgan fingerprint density at radius 3 is 1.10 bits per heavy atom. The van der Waals surface area contributed by atoms with Gasteiger partial charge in [-0.25, -0.2) is 0 Å². The Balaban J connectivity index is 0.862. The summed E-state index contributed by atoms with van der Waals surface area (Å²) < 4.78 is 27.4. The lowest BCUT2D eigenvalue weighted by Gasteiger charge is -2.33. The fourth-order valence-corrected chi connectivity index (χ4v) is 12.4. The van der Waals surface area contributed by atoms with E-state index < -0.39 is 0 Å². The monoisotopic (exact) mass is 1010 g/mol. The lowest BCUT2D eigenvalue weighted by atomic mass is 9.84. The summed E-state index contributed by atoms with van der Waals surface area (Å²) >= 11 is 0. The normalized spacial score (nSPS) is 12.6. The largest absolute Gasteiger partial charge is 0.456 e. The highest BCUT2D eigenvalue weighted by Crippen LogP contribution is 2.51. The zero-order valence-electron chi connectivity index (χ0n) is 45.0. The molecule has 0 saturated heterocycles. The molecule has 15 rings (SSSR count). The van der Waals surface area contributed by atoms with Crippen molar-refractivity contribution < 1.29 is 17.7 Å². The number of aryl methyl sites for hydroxylation is 2. The average Bonchev–Trinajstić information content (AvgIpc) is 4.36. The summed E-state index contributed by atoms with van der Waals surface area (Å²) in [6, 6.07) is 69.8. The Hall–Kier alpha value is -9.26. The second-order valence-corrected chi connectivity index (χ2v) is 23.4. The van der Waals surface area contributed by atoms with Crippen LogP contribution in [-0.4, -0.2) is 0 Å². The van der Waals surface area contributed by atoms with Crippen molar-refractivity contribution in [2.24, 2.45) is 0 Å². The SMILES string of the molecule is Cc1ccccc1N(c1ccc2cc3c(cc2c1)oc1cc2c(cc13)oc1cc3cc(N(c4ccccc4C)c4c(C(C)(C)C)ccc5c4oc4ccccc45)ccc3cc12)c1c(C(C)(C)C)ccc2c1oc1ccccc12. The van der Waals surface area contributed by atoms with Crippen LogP contribution in [0.25, 0.3) is 109 Å². The molecule has 0 bridgehead atoms. The van der Waals surface area contributed by atoms with Gasteiger partial charge in [-0.1, -0.05) is 151 Å². The number of rotatable bonds is 6. The van der Waals surface area contributed by atoms with Crippen LogP contribution in [0, 0.1) is 13.8 Å². The number of hydrogen-bond acceptors (Lipinski definition) is 6. The van der Waals surface area contributed by atoms with Crippen LogP contribution in [0.3, 0.4) is 0 Å². The van der Waals surface area contributed by atoms with Gasteiger partial charge in [0, 0.05) is 65.8 Å². The molecule has 0 unspecified atom stereocenters. The first-order valence-electron chi connectivity index (χ1n) is 27.0. The molecule has 78 heavy (non-hydrogen) atoms. The van der Waals surface area contributed by atoms with Gasteiger partial charge in [-0.3, -0.25) is 0 Å². The second kappa shape index (κ2) is 16.6. The van der Waals surface area contributed by atoms with E-state index in [0.29, 0.717) is 0 Å². The zero-order chi connectivity index (χ0) is 52.9. The fourth-order valence-electron chi connectivity index (χ4n) is 12.4. The lowest BCUT2D eigenvalue weighted by Crippen LogP contribution is -2.20. The van der Waals surface area contributed by atoms with Gasteiger partial charge in [0.15, 0.2) is 11.2 Å². The third-order valence-electron chi connectivity index (χ3n) is 16.3. The van der Waals surface area contributed by atoms with E-state index in [0.717, 1.165) is 143 Å². The Kier molecular flexibility index (Phi) is 9.82. The van der Waals surface area contributed by atoms with E-state index in [1.165, 1.54) is 22.3 Å². The highest BCUT2D eigenvalue weighted by atomic mass is 16.3. The second-order valence-electron chi connectivity index (χ2n) is 23.4.